The first-order valence-electron chi connectivity index (χ1n) is 5.86. The number of benzene rings is 2. The molecule has 0 spiro atoms. The van der Waals surface area contributed by atoms with Crippen LogP contribution in [-0.2, 0) is 0 Å². The predicted molar refractivity (Wildman–Crippen MR) is 82.0 cm³/mol. The zero-order valence-electron chi connectivity index (χ0n) is 10.7. The lowest BCUT2D eigenvalue weighted by atomic mass is 10.1. The minimum absolute atomic E-state index is 0.0747. The molecule has 0 aliphatic carbocycles. The van der Waals surface area contributed by atoms with Crippen LogP contribution in [0.2, 0.25) is 5.02 Å². The Hall–Kier alpha value is -1.52. The third-order valence-corrected chi connectivity index (χ3v) is 3.62. The number of methoxy groups -OCH3 is 1. The van der Waals surface area contributed by atoms with E-state index in [9.17, 15) is 4.79 Å². The summed E-state index contributed by atoms with van der Waals surface area (Å²) >= 11 is 9.34. The van der Waals surface area contributed by atoms with E-state index in [2.05, 4.69) is 15.9 Å². The Morgan fingerprint density at radius 2 is 2.00 bits per heavy atom. The molecular weight excluding hydrogens is 344 g/mol. The fourth-order valence-electron chi connectivity index (χ4n) is 1.63. The summed E-state index contributed by atoms with van der Waals surface area (Å²) in [7, 11) is 1.59. The van der Waals surface area contributed by atoms with Gasteiger partial charge in [0.1, 0.15) is 11.5 Å². The maximum atomic E-state index is 12.0. The smallest absolute Gasteiger partial charge is 0.201 e. The summed E-state index contributed by atoms with van der Waals surface area (Å²) < 4.78 is 11.3. The van der Waals surface area contributed by atoms with Crippen LogP contribution in [0, 0.1) is 0 Å². The van der Waals surface area contributed by atoms with E-state index in [0.717, 1.165) is 4.47 Å². The third kappa shape index (κ3) is 3.52. The fraction of sp³-hybridized carbons (Fsp3) is 0.133. The van der Waals surface area contributed by atoms with Gasteiger partial charge >= 0.3 is 0 Å². The lowest BCUT2D eigenvalue weighted by Crippen LogP contribution is -2.12. The molecule has 3 nitrogen and oxygen atoms in total. The molecule has 0 aliphatic heterocycles. The van der Waals surface area contributed by atoms with Crippen LogP contribution in [0.4, 0.5) is 0 Å². The van der Waals surface area contributed by atoms with Gasteiger partial charge in [0, 0.05) is 5.56 Å². The van der Waals surface area contributed by atoms with Gasteiger partial charge in [0.05, 0.1) is 16.6 Å². The van der Waals surface area contributed by atoms with E-state index >= 15 is 0 Å². The molecule has 2 aromatic carbocycles. The van der Waals surface area contributed by atoms with Crippen molar-refractivity contribution < 1.29 is 14.3 Å². The number of carbonyl (C=O) groups excluding carboxylic acids is 1. The Bertz CT molecular complexity index is 628. The summed E-state index contributed by atoms with van der Waals surface area (Å²) in [6.45, 7) is -0.0747. The third-order valence-electron chi connectivity index (χ3n) is 2.67. The molecule has 0 bridgehead atoms. The topological polar surface area (TPSA) is 35.5 Å². The van der Waals surface area contributed by atoms with Crippen LogP contribution in [0.5, 0.6) is 11.5 Å². The van der Waals surface area contributed by atoms with Gasteiger partial charge in [-0.25, -0.2) is 0 Å². The summed E-state index contributed by atoms with van der Waals surface area (Å²) in [4.78, 5) is 12.0. The first-order valence-corrected chi connectivity index (χ1v) is 7.03. The van der Waals surface area contributed by atoms with Crippen LogP contribution in [0.1, 0.15) is 10.4 Å². The number of carbonyl (C=O) groups is 1. The van der Waals surface area contributed by atoms with Crippen LogP contribution in [-0.4, -0.2) is 19.5 Å². The Labute approximate surface area is 130 Å². The maximum Gasteiger partial charge on any atom is 0.201 e. The summed E-state index contributed by atoms with van der Waals surface area (Å²) in [5.74, 6) is 1.12. The van der Waals surface area contributed by atoms with Crippen molar-refractivity contribution in [1.82, 2.24) is 0 Å². The molecule has 0 fully saturated rings. The van der Waals surface area contributed by atoms with Gasteiger partial charge < -0.3 is 9.47 Å². The van der Waals surface area contributed by atoms with Crippen molar-refractivity contribution in [3.05, 3.63) is 57.5 Å². The van der Waals surface area contributed by atoms with Gasteiger partial charge in [-0.2, -0.15) is 0 Å². The fourth-order valence-corrected chi connectivity index (χ4v) is 2.35. The highest BCUT2D eigenvalue weighted by Crippen LogP contribution is 2.29. The summed E-state index contributed by atoms with van der Waals surface area (Å²) in [6.07, 6.45) is 0. The molecule has 5 heteroatoms. The second kappa shape index (κ2) is 6.77. The highest BCUT2D eigenvalue weighted by Gasteiger charge is 2.11. The van der Waals surface area contributed by atoms with Crippen molar-refractivity contribution in [2.45, 2.75) is 0 Å². The van der Waals surface area contributed by atoms with Gasteiger partial charge in [0.2, 0.25) is 5.78 Å². The molecule has 0 saturated carbocycles. The van der Waals surface area contributed by atoms with Crippen molar-refractivity contribution in [3.8, 4) is 11.5 Å². The zero-order chi connectivity index (χ0) is 14.5. The van der Waals surface area contributed by atoms with E-state index in [1.54, 1.807) is 49.6 Å². The van der Waals surface area contributed by atoms with E-state index in [1.807, 2.05) is 0 Å². The molecule has 0 amide bonds. The van der Waals surface area contributed by atoms with Gasteiger partial charge in [-0.3, -0.25) is 4.79 Å². The molecule has 2 rings (SSSR count). The predicted octanol–water partition coefficient (Wildman–Crippen LogP) is 4.37. The molecule has 0 saturated heterocycles. The monoisotopic (exact) mass is 354 g/mol. The van der Waals surface area contributed by atoms with Crippen molar-refractivity contribution in [2.24, 2.45) is 0 Å². The lowest BCUT2D eigenvalue weighted by Gasteiger charge is -2.09. The largest absolute Gasteiger partial charge is 0.497 e. The molecule has 0 unspecified atom stereocenters. The van der Waals surface area contributed by atoms with Gasteiger partial charge in [-0.15, -0.1) is 0 Å². The number of halogens is 2. The number of rotatable bonds is 5. The molecule has 20 heavy (non-hydrogen) atoms. The average Bonchev–Trinajstić information content (AvgIpc) is 2.46. The van der Waals surface area contributed by atoms with E-state index in [-0.39, 0.29) is 12.4 Å². The van der Waals surface area contributed by atoms with E-state index < -0.39 is 0 Å². The van der Waals surface area contributed by atoms with Crippen molar-refractivity contribution >= 4 is 33.3 Å². The van der Waals surface area contributed by atoms with Gasteiger partial charge in [0.15, 0.2) is 6.61 Å². The van der Waals surface area contributed by atoms with Crippen LogP contribution < -0.4 is 9.47 Å². The van der Waals surface area contributed by atoms with E-state index in [0.29, 0.717) is 22.1 Å². The molecule has 0 aromatic heterocycles. The Morgan fingerprint density at radius 3 is 2.65 bits per heavy atom. The minimum Gasteiger partial charge on any atom is -0.497 e. The molecular formula is C15H12BrClO3. The number of ketones is 1. The molecule has 0 heterocycles. The van der Waals surface area contributed by atoms with E-state index in [4.69, 9.17) is 21.1 Å². The molecule has 0 atom stereocenters. The normalized spacial score (nSPS) is 10.2. The molecule has 2 aromatic rings. The quantitative estimate of drug-likeness (QED) is 0.747. The Balaban J connectivity index is 2.06. The standard InChI is InChI=1S/C15H12BrClO3/c1-19-10-6-7-15(12(16)8-10)20-9-14(18)11-4-2-3-5-13(11)17/h2-8H,9H2,1H3. The zero-order valence-corrected chi connectivity index (χ0v) is 13.1. The highest BCUT2D eigenvalue weighted by molar-refractivity contribution is 9.10. The van der Waals surface area contributed by atoms with Gasteiger partial charge in [0.25, 0.3) is 0 Å². The van der Waals surface area contributed by atoms with Crippen molar-refractivity contribution in [2.75, 3.05) is 13.7 Å². The lowest BCUT2D eigenvalue weighted by molar-refractivity contribution is 0.0921. The van der Waals surface area contributed by atoms with Crippen molar-refractivity contribution in [1.29, 1.82) is 0 Å². The van der Waals surface area contributed by atoms with Crippen molar-refractivity contribution in [3.63, 3.8) is 0 Å². The number of Topliss-reactive ketones (excluding diaryl/α,β-unsaturated/α-hetero) is 1. The van der Waals surface area contributed by atoms with Crippen LogP contribution in [0.25, 0.3) is 0 Å². The first-order chi connectivity index (χ1) is 9.61. The average molecular weight is 356 g/mol. The highest BCUT2D eigenvalue weighted by atomic mass is 79.9. The minimum atomic E-state index is -0.168. The van der Waals surface area contributed by atoms with E-state index in [1.165, 1.54) is 0 Å². The van der Waals surface area contributed by atoms with Gasteiger partial charge in [-0.05, 0) is 46.3 Å². The second-order valence-corrected chi connectivity index (χ2v) is 5.25. The molecule has 0 aliphatic rings. The van der Waals surface area contributed by atoms with Crippen LogP contribution >= 0.6 is 27.5 Å². The number of ether oxygens (including phenoxy) is 2. The summed E-state index contributed by atoms with van der Waals surface area (Å²) in [6, 6.07) is 12.2. The maximum absolute atomic E-state index is 12.0. The molecule has 0 N–H and O–H groups in total. The Kier molecular flexibility index (Phi) is 5.04. The summed E-state index contributed by atoms with van der Waals surface area (Å²) in [5.41, 5.74) is 0.457. The number of hydrogen-bond acceptors (Lipinski definition) is 3. The van der Waals surface area contributed by atoms with Crippen LogP contribution in [0.3, 0.4) is 0 Å². The molecule has 104 valence electrons. The van der Waals surface area contributed by atoms with Gasteiger partial charge in [-0.1, -0.05) is 23.7 Å². The summed E-state index contributed by atoms with van der Waals surface area (Å²) in [5, 5.41) is 0.426. The second-order valence-electron chi connectivity index (χ2n) is 3.99. The SMILES string of the molecule is COc1ccc(OCC(=O)c2ccccc2Cl)c(Br)c1. The number of hydrogen-bond donors (Lipinski definition) is 0. The van der Waals surface area contributed by atoms with Crippen LogP contribution in [0.15, 0.2) is 46.9 Å². The molecule has 0 radical (unpaired) electrons. The first kappa shape index (κ1) is 14.9. The Morgan fingerprint density at radius 1 is 1.25 bits per heavy atom.